The van der Waals surface area contributed by atoms with Crippen molar-refractivity contribution >= 4 is 26.8 Å². The highest BCUT2D eigenvalue weighted by molar-refractivity contribution is 9.10. The van der Waals surface area contributed by atoms with E-state index in [1.807, 2.05) is 30.3 Å². The summed E-state index contributed by atoms with van der Waals surface area (Å²) in [7, 11) is 1.67. The third kappa shape index (κ3) is 4.09. The summed E-state index contributed by atoms with van der Waals surface area (Å²) in [6.45, 7) is 1.04. The molecule has 1 aromatic heterocycles. The van der Waals surface area contributed by atoms with Crippen LogP contribution in [0.15, 0.2) is 59.1 Å². The summed E-state index contributed by atoms with van der Waals surface area (Å²) in [5.41, 5.74) is 3.25. The molecule has 3 aromatic rings. The quantitative estimate of drug-likeness (QED) is 0.592. The predicted octanol–water partition coefficient (Wildman–Crippen LogP) is 4.61. The summed E-state index contributed by atoms with van der Waals surface area (Å²) in [5, 5.41) is 1.10. The van der Waals surface area contributed by atoms with Crippen molar-refractivity contribution in [2.45, 2.75) is 6.42 Å². The third-order valence-corrected chi connectivity index (χ3v) is 4.07. The lowest BCUT2D eigenvalue weighted by atomic mass is 10.0. The maximum Gasteiger partial charge on any atom is 0.217 e. The van der Waals surface area contributed by atoms with Crippen molar-refractivity contribution in [1.82, 2.24) is 4.98 Å². The molecule has 23 heavy (non-hydrogen) atoms. The maximum atomic E-state index is 5.84. The van der Waals surface area contributed by atoms with Crippen LogP contribution in [0.4, 0.5) is 0 Å². The van der Waals surface area contributed by atoms with Gasteiger partial charge >= 0.3 is 0 Å². The molecule has 3 rings (SSSR count). The third-order valence-electron chi connectivity index (χ3n) is 3.58. The summed E-state index contributed by atoms with van der Waals surface area (Å²) in [6, 6.07) is 18.6. The van der Waals surface area contributed by atoms with Crippen molar-refractivity contribution in [1.29, 1.82) is 0 Å². The minimum Gasteiger partial charge on any atom is -0.475 e. The molecule has 0 atom stereocenters. The van der Waals surface area contributed by atoms with Gasteiger partial charge in [-0.15, -0.1) is 0 Å². The van der Waals surface area contributed by atoms with E-state index in [0.717, 1.165) is 27.4 Å². The van der Waals surface area contributed by atoms with Crippen molar-refractivity contribution in [3.05, 3.63) is 70.2 Å². The van der Waals surface area contributed by atoms with Gasteiger partial charge in [0.05, 0.1) is 12.1 Å². The van der Waals surface area contributed by atoms with Crippen LogP contribution >= 0.6 is 15.9 Å². The van der Waals surface area contributed by atoms with Crippen LogP contribution in [-0.2, 0) is 11.2 Å². The Hall–Kier alpha value is -1.91. The van der Waals surface area contributed by atoms with Crippen molar-refractivity contribution in [3.63, 3.8) is 0 Å². The summed E-state index contributed by atoms with van der Waals surface area (Å²) >= 11 is 3.52. The van der Waals surface area contributed by atoms with Gasteiger partial charge in [-0.2, -0.15) is 0 Å². The average molecular weight is 372 g/mol. The van der Waals surface area contributed by atoms with Crippen molar-refractivity contribution < 1.29 is 9.47 Å². The van der Waals surface area contributed by atoms with Crippen LogP contribution < -0.4 is 4.74 Å². The number of aromatic nitrogens is 1. The average Bonchev–Trinajstić information content (AvgIpc) is 2.56. The molecule has 118 valence electrons. The van der Waals surface area contributed by atoms with Crippen LogP contribution in [-0.4, -0.2) is 25.3 Å². The van der Waals surface area contributed by atoms with Crippen LogP contribution in [0.2, 0.25) is 0 Å². The molecule has 0 amide bonds. The molecule has 2 aromatic carbocycles. The predicted molar refractivity (Wildman–Crippen MR) is 96.1 cm³/mol. The number of fused-ring (bicyclic) bond motifs is 1. The number of ether oxygens (including phenoxy) is 2. The molecule has 0 N–H and O–H groups in total. The molecule has 0 radical (unpaired) electrons. The van der Waals surface area contributed by atoms with E-state index in [2.05, 4.69) is 45.2 Å². The maximum absolute atomic E-state index is 5.84. The van der Waals surface area contributed by atoms with E-state index in [-0.39, 0.29) is 0 Å². The largest absolute Gasteiger partial charge is 0.475 e. The zero-order valence-electron chi connectivity index (χ0n) is 13.0. The van der Waals surface area contributed by atoms with Gasteiger partial charge in [0.1, 0.15) is 6.61 Å². The molecule has 0 fully saturated rings. The van der Waals surface area contributed by atoms with Gasteiger partial charge in [0, 0.05) is 29.0 Å². The minimum atomic E-state index is 0.493. The summed E-state index contributed by atoms with van der Waals surface area (Å²) in [6.07, 6.45) is 0.790. The van der Waals surface area contributed by atoms with E-state index < -0.39 is 0 Å². The normalized spacial score (nSPS) is 10.9. The Kier molecular flexibility index (Phi) is 5.26. The zero-order chi connectivity index (χ0) is 16.1. The number of pyridine rings is 1. The van der Waals surface area contributed by atoms with Crippen LogP contribution in [0.25, 0.3) is 10.9 Å². The number of hydrogen-bond donors (Lipinski definition) is 0. The Morgan fingerprint density at radius 1 is 1.00 bits per heavy atom. The number of halogens is 1. The van der Waals surface area contributed by atoms with Crippen LogP contribution in [0.5, 0.6) is 5.88 Å². The second-order valence-corrected chi connectivity index (χ2v) is 6.21. The number of benzene rings is 2. The number of hydrogen-bond acceptors (Lipinski definition) is 3. The first-order chi connectivity index (χ1) is 11.3. The number of methoxy groups -OCH3 is 1. The smallest absolute Gasteiger partial charge is 0.217 e. The highest BCUT2D eigenvalue weighted by atomic mass is 79.9. The topological polar surface area (TPSA) is 31.4 Å². The Labute approximate surface area is 144 Å². The van der Waals surface area contributed by atoms with Crippen molar-refractivity contribution in [2.24, 2.45) is 0 Å². The van der Waals surface area contributed by atoms with Gasteiger partial charge in [-0.1, -0.05) is 46.3 Å². The molecule has 0 saturated carbocycles. The second-order valence-electron chi connectivity index (χ2n) is 5.29. The fourth-order valence-electron chi connectivity index (χ4n) is 2.46. The summed E-state index contributed by atoms with van der Waals surface area (Å²) < 4.78 is 12.0. The van der Waals surface area contributed by atoms with Crippen LogP contribution in [0, 0.1) is 0 Å². The zero-order valence-corrected chi connectivity index (χ0v) is 14.5. The Bertz CT molecular complexity index is 790. The van der Waals surface area contributed by atoms with Gasteiger partial charge in [0.2, 0.25) is 5.88 Å². The molecular formula is C19H18BrNO2. The molecule has 0 aliphatic rings. The van der Waals surface area contributed by atoms with Gasteiger partial charge in [-0.05, 0) is 29.8 Å². The molecular weight excluding hydrogens is 354 g/mol. The molecule has 1 heterocycles. The van der Waals surface area contributed by atoms with E-state index in [1.165, 1.54) is 5.56 Å². The standard InChI is InChI=1S/C19H18BrNO2/c1-22-9-10-23-19-16(11-14-5-3-2-4-6-14)12-15-13-17(20)7-8-18(15)21-19/h2-8,12-13H,9-11H2,1H3. The highest BCUT2D eigenvalue weighted by Gasteiger charge is 2.10. The van der Waals surface area contributed by atoms with E-state index in [9.17, 15) is 0 Å². The second kappa shape index (κ2) is 7.57. The van der Waals surface area contributed by atoms with Gasteiger partial charge in [-0.25, -0.2) is 4.98 Å². The first-order valence-electron chi connectivity index (χ1n) is 7.51. The lowest BCUT2D eigenvalue weighted by molar-refractivity contribution is 0.143. The molecule has 3 nitrogen and oxygen atoms in total. The Morgan fingerprint density at radius 2 is 1.83 bits per heavy atom. The highest BCUT2D eigenvalue weighted by Crippen LogP contribution is 2.27. The van der Waals surface area contributed by atoms with Crippen molar-refractivity contribution in [3.8, 4) is 5.88 Å². The fraction of sp³-hybridized carbons (Fsp3) is 0.211. The summed E-state index contributed by atoms with van der Waals surface area (Å²) in [4.78, 5) is 4.69. The van der Waals surface area contributed by atoms with Gasteiger partial charge in [0.25, 0.3) is 0 Å². The molecule has 4 heteroatoms. The van der Waals surface area contributed by atoms with E-state index in [1.54, 1.807) is 7.11 Å². The van der Waals surface area contributed by atoms with E-state index in [4.69, 9.17) is 9.47 Å². The number of nitrogens with zero attached hydrogens (tertiary/aromatic N) is 1. The molecule has 0 bridgehead atoms. The first kappa shape index (κ1) is 16.0. The first-order valence-corrected chi connectivity index (χ1v) is 8.30. The van der Waals surface area contributed by atoms with Gasteiger partial charge < -0.3 is 9.47 Å². The van der Waals surface area contributed by atoms with Crippen molar-refractivity contribution in [2.75, 3.05) is 20.3 Å². The minimum absolute atomic E-state index is 0.493. The van der Waals surface area contributed by atoms with Crippen LogP contribution in [0.3, 0.4) is 0 Å². The molecule has 0 aliphatic carbocycles. The summed E-state index contributed by atoms with van der Waals surface area (Å²) in [5.74, 6) is 0.681. The van der Waals surface area contributed by atoms with E-state index in [0.29, 0.717) is 19.1 Å². The number of rotatable bonds is 6. The molecule has 0 saturated heterocycles. The van der Waals surface area contributed by atoms with Gasteiger partial charge in [-0.3, -0.25) is 0 Å². The lowest BCUT2D eigenvalue weighted by Gasteiger charge is -2.12. The monoisotopic (exact) mass is 371 g/mol. The Morgan fingerprint density at radius 3 is 2.61 bits per heavy atom. The van der Waals surface area contributed by atoms with Crippen LogP contribution in [0.1, 0.15) is 11.1 Å². The molecule has 0 aliphatic heterocycles. The fourth-order valence-corrected chi connectivity index (χ4v) is 2.84. The lowest BCUT2D eigenvalue weighted by Crippen LogP contribution is -2.08. The van der Waals surface area contributed by atoms with E-state index >= 15 is 0 Å². The Balaban J connectivity index is 1.98. The molecule has 0 spiro atoms. The SMILES string of the molecule is COCCOc1nc2ccc(Br)cc2cc1Cc1ccccc1. The van der Waals surface area contributed by atoms with Gasteiger partial charge in [0.15, 0.2) is 0 Å². The molecule has 0 unspecified atom stereocenters.